The van der Waals surface area contributed by atoms with Gasteiger partial charge in [-0.3, -0.25) is 4.98 Å². The number of rotatable bonds is 3. The molecular weight excluding hydrogens is 412 g/mol. The fraction of sp³-hybridized carbons (Fsp3) is 0.316. The largest absolute Gasteiger partial charge is 0.435 e. The number of fused-ring (bicyclic) bond motifs is 1. The van der Waals surface area contributed by atoms with Crippen molar-refractivity contribution in [3.8, 4) is 11.4 Å². The average Bonchev–Trinajstić information content (AvgIpc) is 3.08. The predicted octanol–water partition coefficient (Wildman–Crippen LogP) is 5.46. The predicted molar refractivity (Wildman–Crippen MR) is 95.9 cm³/mol. The zero-order chi connectivity index (χ0) is 21.5. The van der Waals surface area contributed by atoms with Gasteiger partial charge >= 0.3 is 12.4 Å². The van der Waals surface area contributed by atoms with E-state index >= 15 is 0 Å². The molecule has 1 aliphatic heterocycles. The monoisotopic (exact) mass is 427 g/mol. The second-order valence-corrected chi connectivity index (χ2v) is 6.82. The van der Waals surface area contributed by atoms with Gasteiger partial charge in [-0.05, 0) is 37.1 Å². The van der Waals surface area contributed by atoms with Gasteiger partial charge in [0.05, 0.1) is 18.0 Å². The maximum atomic E-state index is 13.6. The summed E-state index contributed by atoms with van der Waals surface area (Å²) in [6.07, 6.45) is -4.70. The van der Waals surface area contributed by atoms with Crippen LogP contribution in [0.1, 0.15) is 29.9 Å². The normalized spacial score (nSPS) is 14.5. The van der Waals surface area contributed by atoms with Crippen LogP contribution in [0.2, 0.25) is 0 Å². The number of hydrogen-bond donors (Lipinski definition) is 1. The van der Waals surface area contributed by atoms with Crippen LogP contribution in [0.15, 0.2) is 36.7 Å². The minimum Gasteiger partial charge on any atom is -0.339 e. The molecule has 5 nitrogen and oxygen atoms in total. The maximum absolute atomic E-state index is 13.6. The van der Waals surface area contributed by atoms with Gasteiger partial charge < -0.3 is 9.88 Å². The average molecular weight is 427 g/mol. The number of nitrogens with zero attached hydrogens (tertiary/aromatic N) is 4. The molecule has 0 atom stereocenters. The Hall–Kier alpha value is -3.11. The van der Waals surface area contributed by atoms with Gasteiger partial charge in [0, 0.05) is 18.7 Å². The number of halogens is 6. The Labute approximate surface area is 166 Å². The molecule has 158 valence electrons. The second kappa shape index (κ2) is 7.29. The number of aromatic nitrogens is 4. The highest BCUT2D eigenvalue weighted by Crippen LogP contribution is 2.38. The van der Waals surface area contributed by atoms with Crippen molar-refractivity contribution >= 4 is 11.5 Å². The summed E-state index contributed by atoms with van der Waals surface area (Å²) >= 11 is 0. The first kappa shape index (κ1) is 20.2. The number of benzene rings is 1. The molecule has 0 unspecified atom stereocenters. The highest BCUT2D eigenvalue weighted by Gasteiger charge is 2.40. The van der Waals surface area contributed by atoms with Crippen LogP contribution in [0.3, 0.4) is 0 Å². The molecule has 0 saturated carbocycles. The number of alkyl halides is 6. The van der Waals surface area contributed by atoms with Crippen LogP contribution in [0.25, 0.3) is 11.4 Å². The molecule has 30 heavy (non-hydrogen) atoms. The van der Waals surface area contributed by atoms with Gasteiger partial charge in [0.25, 0.3) is 0 Å². The van der Waals surface area contributed by atoms with E-state index in [4.69, 9.17) is 0 Å². The number of aryl methyl sites for hydroxylation is 1. The molecule has 2 aromatic heterocycles. The Balaban J connectivity index is 1.68. The number of nitrogens with one attached hydrogen (secondary N) is 1. The Kier molecular flexibility index (Phi) is 4.91. The Morgan fingerprint density at radius 1 is 0.867 bits per heavy atom. The summed E-state index contributed by atoms with van der Waals surface area (Å²) < 4.78 is 80.3. The second-order valence-electron chi connectivity index (χ2n) is 6.82. The molecule has 0 fully saturated rings. The topological polar surface area (TPSA) is 55.6 Å². The fourth-order valence-corrected chi connectivity index (χ4v) is 3.37. The maximum Gasteiger partial charge on any atom is 0.435 e. The number of imidazole rings is 1. The summed E-state index contributed by atoms with van der Waals surface area (Å²) in [5.74, 6) is 0.457. The Morgan fingerprint density at radius 2 is 1.60 bits per heavy atom. The zero-order valence-corrected chi connectivity index (χ0v) is 15.3. The lowest BCUT2D eigenvalue weighted by Crippen LogP contribution is -2.13. The molecule has 0 bridgehead atoms. The molecule has 3 heterocycles. The van der Waals surface area contributed by atoms with Crippen molar-refractivity contribution < 1.29 is 26.3 Å². The van der Waals surface area contributed by atoms with E-state index in [2.05, 4.69) is 20.3 Å². The van der Waals surface area contributed by atoms with Crippen molar-refractivity contribution in [3.05, 3.63) is 53.7 Å². The van der Waals surface area contributed by atoms with E-state index in [9.17, 15) is 26.3 Å². The van der Waals surface area contributed by atoms with Gasteiger partial charge in [0.2, 0.25) is 0 Å². The van der Waals surface area contributed by atoms with E-state index in [-0.39, 0.29) is 17.2 Å². The summed E-state index contributed by atoms with van der Waals surface area (Å²) in [7, 11) is 0. The first-order chi connectivity index (χ1) is 14.1. The van der Waals surface area contributed by atoms with Crippen LogP contribution in [0, 0.1) is 0 Å². The quantitative estimate of drug-likeness (QED) is 0.565. The van der Waals surface area contributed by atoms with Crippen molar-refractivity contribution in [3.63, 3.8) is 0 Å². The van der Waals surface area contributed by atoms with Gasteiger partial charge in [0.1, 0.15) is 23.0 Å². The van der Waals surface area contributed by atoms with E-state index in [1.807, 2.05) is 0 Å². The molecule has 0 amide bonds. The molecule has 1 aromatic carbocycles. The fourth-order valence-electron chi connectivity index (χ4n) is 3.37. The number of hydrogen-bond acceptors (Lipinski definition) is 4. The minimum absolute atomic E-state index is 0.0140. The first-order valence-electron chi connectivity index (χ1n) is 9.06. The highest BCUT2D eigenvalue weighted by atomic mass is 19.4. The molecule has 1 N–H and O–H groups in total. The van der Waals surface area contributed by atoms with Crippen molar-refractivity contribution in [2.45, 2.75) is 38.2 Å². The molecule has 3 aromatic rings. The Morgan fingerprint density at radius 3 is 2.27 bits per heavy atom. The number of anilines is 2. The molecule has 0 saturated heterocycles. The standard InChI is InChI=1S/C19H15F6N5/c20-18(21,22)11-4-6-12(7-5-11)27-14-10-26-9-13(28-14)16-17(19(23,24)25)29-15-3-1-2-8-30(15)16/h4-7,9-10H,1-3,8H2,(H,27,28). The van der Waals surface area contributed by atoms with E-state index in [0.717, 1.165) is 25.0 Å². The Bertz CT molecular complexity index is 1050. The van der Waals surface area contributed by atoms with E-state index in [0.29, 0.717) is 24.5 Å². The van der Waals surface area contributed by atoms with Crippen LogP contribution >= 0.6 is 0 Å². The first-order valence-corrected chi connectivity index (χ1v) is 9.06. The lowest BCUT2D eigenvalue weighted by Gasteiger charge is -2.17. The third kappa shape index (κ3) is 3.96. The summed E-state index contributed by atoms with van der Waals surface area (Å²) in [6, 6.07) is 4.21. The van der Waals surface area contributed by atoms with Crippen LogP contribution in [-0.2, 0) is 25.3 Å². The van der Waals surface area contributed by atoms with Crippen LogP contribution in [-0.4, -0.2) is 19.5 Å². The molecule has 0 spiro atoms. The van der Waals surface area contributed by atoms with Gasteiger partial charge in [-0.25, -0.2) is 9.97 Å². The van der Waals surface area contributed by atoms with E-state index in [1.165, 1.54) is 29.1 Å². The smallest absolute Gasteiger partial charge is 0.339 e. The van der Waals surface area contributed by atoms with E-state index in [1.54, 1.807) is 0 Å². The summed E-state index contributed by atoms with van der Waals surface area (Å²) in [4.78, 5) is 11.9. The molecular formula is C19H15F6N5. The summed E-state index contributed by atoms with van der Waals surface area (Å²) in [5.41, 5.74) is -1.70. The zero-order valence-electron chi connectivity index (χ0n) is 15.3. The minimum atomic E-state index is -4.65. The third-order valence-corrected chi connectivity index (χ3v) is 4.71. The molecule has 0 aliphatic carbocycles. The van der Waals surface area contributed by atoms with Gasteiger partial charge in [-0.1, -0.05) is 0 Å². The van der Waals surface area contributed by atoms with Crippen LogP contribution < -0.4 is 5.32 Å². The molecule has 1 aliphatic rings. The molecule has 0 radical (unpaired) electrons. The van der Waals surface area contributed by atoms with Gasteiger partial charge in [-0.15, -0.1) is 0 Å². The van der Waals surface area contributed by atoms with Crippen molar-refractivity contribution in [1.82, 2.24) is 19.5 Å². The molecule has 11 heteroatoms. The SMILES string of the molecule is FC(F)(F)c1ccc(Nc2cncc(-c3c(C(F)(F)F)nc4n3CCCC4)n2)cc1. The van der Waals surface area contributed by atoms with Crippen LogP contribution in [0.4, 0.5) is 37.8 Å². The van der Waals surface area contributed by atoms with Crippen LogP contribution in [0.5, 0.6) is 0 Å². The van der Waals surface area contributed by atoms with Crippen molar-refractivity contribution in [1.29, 1.82) is 0 Å². The third-order valence-electron chi connectivity index (χ3n) is 4.71. The van der Waals surface area contributed by atoms with Gasteiger partial charge in [0.15, 0.2) is 5.69 Å². The van der Waals surface area contributed by atoms with Crippen molar-refractivity contribution in [2.24, 2.45) is 0 Å². The summed E-state index contributed by atoms with van der Waals surface area (Å²) in [5, 5.41) is 2.77. The lowest BCUT2D eigenvalue weighted by atomic mass is 10.1. The van der Waals surface area contributed by atoms with Gasteiger partial charge in [-0.2, -0.15) is 26.3 Å². The molecule has 4 rings (SSSR count). The highest BCUT2D eigenvalue weighted by molar-refractivity contribution is 5.63. The summed E-state index contributed by atoms with van der Waals surface area (Å²) in [6.45, 7) is 0.395. The van der Waals surface area contributed by atoms with E-state index < -0.39 is 23.6 Å². The van der Waals surface area contributed by atoms with Crippen molar-refractivity contribution in [2.75, 3.05) is 5.32 Å². The lowest BCUT2D eigenvalue weighted by molar-refractivity contribution is -0.140.